The summed E-state index contributed by atoms with van der Waals surface area (Å²) in [7, 11) is -5.74. The number of alkyl halides is 3. The van der Waals surface area contributed by atoms with Crippen LogP contribution in [0.5, 0.6) is 11.5 Å². The summed E-state index contributed by atoms with van der Waals surface area (Å²) in [6, 6.07) is 7.72. The van der Waals surface area contributed by atoms with Crippen LogP contribution in [0.4, 0.5) is 18.9 Å². The summed E-state index contributed by atoms with van der Waals surface area (Å²) < 4.78 is 66.0. The first-order valence-electron chi connectivity index (χ1n) is 6.76. The minimum atomic E-state index is -5.74. The predicted molar refractivity (Wildman–Crippen MR) is 82.3 cm³/mol. The Balaban J connectivity index is 2.52. The molecule has 136 valence electrons. The number of sulfone groups is 1. The Bertz CT molecular complexity index is 1030. The summed E-state index contributed by atoms with van der Waals surface area (Å²) in [6.45, 7) is 1.56. The topological polar surface area (TPSA) is 110 Å². The second kappa shape index (κ2) is 6.64. The number of halogens is 3. The SMILES string of the molecule is Cc1cc(C#N)ccc1Oc1ccc(S(=O)(=O)C(F)(F)F)cc1[N+](=O)[O-]. The van der Waals surface area contributed by atoms with Gasteiger partial charge in [0.25, 0.3) is 9.84 Å². The molecule has 0 radical (unpaired) electrons. The van der Waals surface area contributed by atoms with Crippen molar-refractivity contribution >= 4 is 15.5 Å². The van der Waals surface area contributed by atoms with Crippen LogP contribution < -0.4 is 4.74 Å². The van der Waals surface area contributed by atoms with E-state index in [0.717, 1.165) is 6.07 Å². The van der Waals surface area contributed by atoms with Gasteiger partial charge in [0.2, 0.25) is 5.75 Å². The standard InChI is InChI=1S/C15H9F3N2O5S/c1-9-6-10(8-19)2-4-13(9)25-14-5-3-11(7-12(14)20(21)22)26(23,24)15(16,17)18/h2-7H,1H3. The van der Waals surface area contributed by atoms with E-state index in [4.69, 9.17) is 10.00 Å². The van der Waals surface area contributed by atoms with Crippen molar-refractivity contribution in [2.75, 3.05) is 0 Å². The maximum absolute atomic E-state index is 12.6. The van der Waals surface area contributed by atoms with Gasteiger partial charge in [-0.2, -0.15) is 18.4 Å². The molecule has 0 aliphatic heterocycles. The van der Waals surface area contributed by atoms with Crippen LogP contribution in [-0.4, -0.2) is 18.8 Å². The van der Waals surface area contributed by atoms with Crippen LogP contribution in [0.1, 0.15) is 11.1 Å². The molecule has 0 atom stereocenters. The van der Waals surface area contributed by atoms with Crippen LogP contribution in [0.15, 0.2) is 41.3 Å². The lowest BCUT2D eigenvalue weighted by Crippen LogP contribution is -2.23. The number of rotatable bonds is 4. The summed E-state index contributed by atoms with van der Waals surface area (Å²) in [5.41, 5.74) is -5.77. The predicted octanol–water partition coefficient (Wildman–Crippen LogP) is 3.86. The fourth-order valence-corrected chi connectivity index (χ4v) is 2.76. The van der Waals surface area contributed by atoms with E-state index in [1.807, 2.05) is 6.07 Å². The Morgan fingerprint density at radius 3 is 2.27 bits per heavy atom. The molecule has 26 heavy (non-hydrogen) atoms. The average molecular weight is 386 g/mol. The fraction of sp³-hybridized carbons (Fsp3) is 0.133. The number of nitro groups is 1. The van der Waals surface area contributed by atoms with E-state index in [1.54, 1.807) is 6.92 Å². The maximum atomic E-state index is 12.6. The van der Waals surface area contributed by atoms with Gasteiger partial charge in [0.15, 0.2) is 0 Å². The molecule has 0 saturated carbocycles. The van der Waals surface area contributed by atoms with Crippen molar-refractivity contribution < 1.29 is 31.2 Å². The number of nitrogens with zero attached hydrogens (tertiary/aromatic N) is 2. The number of hydrogen-bond acceptors (Lipinski definition) is 6. The van der Waals surface area contributed by atoms with Crippen molar-refractivity contribution in [2.45, 2.75) is 17.3 Å². The lowest BCUT2D eigenvalue weighted by molar-refractivity contribution is -0.385. The second-order valence-electron chi connectivity index (χ2n) is 5.03. The van der Waals surface area contributed by atoms with Crippen molar-refractivity contribution in [3.05, 3.63) is 57.6 Å². The molecule has 0 aliphatic carbocycles. The van der Waals surface area contributed by atoms with Gasteiger partial charge in [-0.25, -0.2) is 8.42 Å². The van der Waals surface area contributed by atoms with Crippen LogP contribution in [0, 0.1) is 28.4 Å². The summed E-state index contributed by atoms with van der Waals surface area (Å²) in [6.07, 6.45) is 0. The molecule has 2 aromatic rings. The van der Waals surface area contributed by atoms with E-state index in [-0.39, 0.29) is 11.8 Å². The Morgan fingerprint density at radius 2 is 1.77 bits per heavy atom. The number of nitro benzene ring substituents is 1. The van der Waals surface area contributed by atoms with Gasteiger partial charge in [-0.3, -0.25) is 10.1 Å². The summed E-state index contributed by atoms with van der Waals surface area (Å²) in [5, 5.41) is 19.9. The first-order chi connectivity index (χ1) is 12.0. The largest absolute Gasteiger partial charge is 0.501 e. The van der Waals surface area contributed by atoms with E-state index in [2.05, 4.69) is 0 Å². The van der Waals surface area contributed by atoms with Crippen molar-refractivity contribution in [3.8, 4) is 17.6 Å². The molecule has 0 saturated heterocycles. The molecule has 0 spiro atoms. The zero-order chi connectivity index (χ0) is 19.7. The lowest BCUT2D eigenvalue weighted by atomic mass is 10.1. The number of nitriles is 1. The minimum Gasteiger partial charge on any atom is -0.450 e. The van der Waals surface area contributed by atoms with E-state index < -0.39 is 36.6 Å². The summed E-state index contributed by atoms with van der Waals surface area (Å²) in [5.74, 6) is -0.317. The summed E-state index contributed by atoms with van der Waals surface area (Å²) >= 11 is 0. The van der Waals surface area contributed by atoms with Gasteiger partial charge >= 0.3 is 11.2 Å². The van der Waals surface area contributed by atoms with E-state index in [9.17, 15) is 31.7 Å². The van der Waals surface area contributed by atoms with Gasteiger partial charge in [0.1, 0.15) is 5.75 Å². The van der Waals surface area contributed by atoms with Crippen LogP contribution in [0.3, 0.4) is 0 Å². The molecule has 0 N–H and O–H groups in total. The quantitative estimate of drug-likeness (QED) is 0.583. The molecule has 2 rings (SSSR count). The van der Waals surface area contributed by atoms with E-state index >= 15 is 0 Å². The van der Waals surface area contributed by atoms with E-state index in [0.29, 0.717) is 17.2 Å². The Kier molecular flexibility index (Phi) is 4.90. The van der Waals surface area contributed by atoms with Crippen LogP contribution in [0.2, 0.25) is 0 Å². The van der Waals surface area contributed by atoms with Crippen molar-refractivity contribution in [2.24, 2.45) is 0 Å². The Morgan fingerprint density at radius 1 is 1.15 bits per heavy atom. The lowest BCUT2D eigenvalue weighted by Gasteiger charge is -2.11. The Labute approximate surface area is 145 Å². The second-order valence-corrected chi connectivity index (χ2v) is 6.97. The van der Waals surface area contributed by atoms with Gasteiger partial charge in [-0.15, -0.1) is 0 Å². The number of benzene rings is 2. The molecule has 7 nitrogen and oxygen atoms in total. The highest BCUT2D eigenvalue weighted by molar-refractivity contribution is 7.92. The zero-order valence-electron chi connectivity index (χ0n) is 12.9. The van der Waals surface area contributed by atoms with Crippen LogP contribution in [0.25, 0.3) is 0 Å². The molecule has 2 aromatic carbocycles. The van der Waals surface area contributed by atoms with Crippen molar-refractivity contribution in [1.29, 1.82) is 5.26 Å². The monoisotopic (exact) mass is 386 g/mol. The molecule has 0 aliphatic rings. The highest BCUT2D eigenvalue weighted by Gasteiger charge is 2.47. The molecule has 0 aromatic heterocycles. The molecule has 0 amide bonds. The number of hydrogen-bond donors (Lipinski definition) is 0. The third kappa shape index (κ3) is 3.60. The fourth-order valence-electron chi connectivity index (χ4n) is 1.98. The van der Waals surface area contributed by atoms with Gasteiger partial charge in [-0.1, -0.05) is 0 Å². The molecule has 0 bridgehead atoms. The van der Waals surface area contributed by atoms with Gasteiger partial charge < -0.3 is 4.74 Å². The summed E-state index contributed by atoms with van der Waals surface area (Å²) in [4.78, 5) is 8.82. The molecular weight excluding hydrogens is 377 g/mol. The van der Waals surface area contributed by atoms with E-state index in [1.165, 1.54) is 18.2 Å². The number of ether oxygens (including phenoxy) is 1. The number of aryl methyl sites for hydroxylation is 1. The van der Waals surface area contributed by atoms with Crippen LogP contribution >= 0.6 is 0 Å². The normalized spacial score (nSPS) is 11.7. The van der Waals surface area contributed by atoms with Gasteiger partial charge in [-0.05, 0) is 42.8 Å². The molecule has 0 unspecified atom stereocenters. The maximum Gasteiger partial charge on any atom is 0.501 e. The third-order valence-corrected chi connectivity index (χ3v) is 4.75. The average Bonchev–Trinajstić information content (AvgIpc) is 2.55. The molecule has 0 fully saturated rings. The minimum absolute atomic E-state index is 0.124. The smallest absolute Gasteiger partial charge is 0.450 e. The third-order valence-electron chi connectivity index (χ3n) is 3.27. The highest BCUT2D eigenvalue weighted by atomic mass is 32.2. The van der Waals surface area contributed by atoms with Gasteiger partial charge in [0.05, 0.1) is 21.5 Å². The first kappa shape index (κ1) is 19.2. The highest BCUT2D eigenvalue weighted by Crippen LogP contribution is 2.38. The molecule has 11 heteroatoms. The van der Waals surface area contributed by atoms with Gasteiger partial charge in [0, 0.05) is 6.07 Å². The zero-order valence-corrected chi connectivity index (χ0v) is 13.8. The van der Waals surface area contributed by atoms with Crippen LogP contribution in [-0.2, 0) is 9.84 Å². The van der Waals surface area contributed by atoms with Crippen molar-refractivity contribution in [1.82, 2.24) is 0 Å². The molecular formula is C15H9F3N2O5S. The molecule has 0 heterocycles. The first-order valence-corrected chi connectivity index (χ1v) is 8.24. The Hall–Kier alpha value is -3.13. The van der Waals surface area contributed by atoms with Crippen molar-refractivity contribution in [3.63, 3.8) is 0 Å².